The van der Waals surface area contributed by atoms with E-state index < -0.39 is 0 Å². The SMILES string of the molecule is COc1ccc([P-]c2ccc(C)cc2)cc1.[Br-].[Br-].[Li+].[Mg+2]. The topological polar surface area (TPSA) is 9.23 Å². The Bertz CT molecular complexity index is 466. The number of halogens is 2. The quantitative estimate of drug-likeness (QED) is 0.355. The van der Waals surface area contributed by atoms with E-state index in [1.165, 1.54) is 24.8 Å². The van der Waals surface area contributed by atoms with Gasteiger partial charge in [0, 0.05) is 0 Å². The Morgan fingerprint density at radius 3 is 1.60 bits per heavy atom. The Kier molecular flexibility index (Phi) is 17.7. The summed E-state index contributed by atoms with van der Waals surface area (Å²) in [6.45, 7) is 2.11. The van der Waals surface area contributed by atoms with E-state index in [1.807, 2.05) is 12.1 Å². The summed E-state index contributed by atoms with van der Waals surface area (Å²) in [6, 6.07) is 16.8. The van der Waals surface area contributed by atoms with E-state index >= 15 is 0 Å². The second-order valence-corrected chi connectivity index (χ2v) is 4.90. The van der Waals surface area contributed by atoms with Crippen LogP contribution in [-0.2, 0) is 0 Å². The molecule has 0 atom stereocenters. The van der Waals surface area contributed by atoms with Crippen molar-refractivity contribution in [1.82, 2.24) is 0 Å². The maximum Gasteiger partial charge on any atom is 2.00 e. The van der Waals surface area contributed by atoms with Gasteiger partial charge in [0.15, 0.2) is 0 Å². The van der Waals surface area contributed by atoms with Crippen LogP contribution in [0.3, 0.4) is 0 Å². The standard InChI is InChI=1S/C14H14OP.2BrH.Li.Mg/c1-11-3-7-13(8-4-11)16-14-9-5-12(15-2)6-10-14;;;;/h3-10H,1-2H3;2*1H;;/q-1;;;+1;+2/p-2. The average molecular weight is 420 g/mol. The minimum absolute atomic E-state index is 0. The summed E-state index contributed by atoms with van der Waals surface area (Å²) in [5.41, 5.74) is 1.30. The van der Waals surface area contributed by atoms with Gasteiger partial charge in [-0.15, -0.1) is 0 Å². The Hall–Kier alpha value is 0.994. The molecular weight excluding hydrogens is 406 g/mol. The molecule has 0 fully saturated rings. The molecule has 0 radical (unpaired) electrons. The molecule has 0 saturated carbocycles. The van der Waals surface area contributed by atoms with Crippen molar-refractivity contribution in [1.29, 1.82) is 0 Å². The molecule has 6 heteroatoms. The van der Waals surface area contributed by atoms with Gasteiger partial charge in [0.25, 0.3) is 0 Å². The predicted octanol–water partition coefficient (Wildman–Crippen LogP) is -6.47. The molecule has 0 unspecified atom stereocenters. The first-order chi connectivity index (χ1) is 7.78. The zero-order chi connectivity index (χ0) is 11.4. The summed E-state index contributed by atoms with van der Waals surface area (Å²) in [5, 5.41) is 2.60. The van der Waals surface area contributed by atoms with Gasteiger partial charge in [-0.3, -0.25) is 0 Å². The van der Waals surface area contributed by atoms with Gasteiger partial charge in [0.2, 0.25) is 0 Å². The van der Waals surface area contributed by atoms with Gasteiger partial charge in [0.05, 0.1) is 7.11 Å². The molecule has 1 nitrogen and oxygen atoms in total. The van der Waals surface area contributed by atoms with Crippen LogP contribution in [0.15, 0.2) is 48.5 Å². The normalized spacial score (nSPS) is 8.70. The molecule has 20 heavy (non-hydrogen) atoms. The van der Waals surface area contributed by atoms with E-state index in [-0.39, 0.29) is 75.9 Å². The number of hydrogen-bond donors (Lipinski definition) is 0. The summed E-state index contributed by atoms with van der Waals surface area (Å²) in [5.74, 6) is 0.905. The van der Waals surface area contributed by atoms with Gasteiger partial charge in [-0.25, -0.2) is 5.30 Å². The number of methoxy groups -OCH3 is 1. The fraction of sp³-hybridized carbons (Fsp3) is 0.143. The Balaban J connectivity index is -0.000000722. The molecule has 0 spiro atoms. The van der Waals surface area contributed by atoms with Crippen molar-refractivity contribution >= 4 is 42.2 Å². The van der Waals surface area contributed by atoms with Crippen LogP contribution in [0.25, 0.3) is 0 Å². The Morgan fingerprint density at radius 2 is 1.20 bits per heavy atom. The maximum atomic E-state index is 5.13. The Morgan fingerprint density at radius 1 is 0.800 bits per heavy atom. The van der Waals surface area contributed by atoms with Gasteiger partial charge in [0.1, 0.15) is 5.75 Å². The van der Waals surface area contributed by atoms with E-state index in [0.717, 1.165) is 5.75 Å². The van der Waals surface area contributed by atoms with Crippen molar-refractivity contribution in [3.05, 3.63) is 54.1 Å². The van der Waals surface area contributed by atoms with Gasteiger partial charge >= 0.3 is 41.9 Å². The molecule has 0 amide bonds. The molecule has 0 aromatic heterocycles. The molecule has 2 aromatic rings. The first kappa shape index (κ1) is 25.9. The predicted molar refractivity (Wildman–Crippen MR) is 76.1 cm³/mol. The average Bonchev–Trinajstić information content (AvgIpc) is 2.33. The van der Waals surface area contributed by atoms with Crippen LogP contribution in [0.5, 0.6) is 5.75 Å². The summed E-state index contributed by atoms with van der Waals surface area (Å²) in [7, 11) is 2.92. The van der Waals surface area contributed by atoms with Crippen LogP contribution in [-0.4, -0.2) is 30.2 Å². The van der Waals surface area contributed by atoms with E-state index in [1.54, 1.807) is 7.11 Å². The van der Waals surface area contributed by atoms with E-state index in [0.29, 0.717) is 0 Å². The monoisotopic (exact) mass is 418 g/mol. The van der Waals surface area contributed by atoms with Crippen LogP contribution in [0, 0.1) is 6.92 Å². The van der Waals surface area contributed by atoms with Gasteiger partial charge in [-0.05, 0) is 19.1 Å². The third kappa shape index (κ3) is 8.44. The number of hydrogen-bond acceptors (Lipinski definition) is 1. The zero-order valence-electron chi connectivity index (χ0n) is 11.9. The van der Waals surface area contributed by atoms with Gasteiger partial charge in [-0.1, -0.05) is 42.0 Å². The molecule has 98 valence electrons. The van der Waals surface area contributed by atoms with Crippen LogP contribution >= 0.6 is 8.58 Å². The largest absolute Gasteiger partial charge is 2.00 e. The minimum atomic E-state index is 0. The molecule has 0 N–H and O–H groups in total. The fourth-order valence-electron chi connectivity index (χ4n) is 1.43. The number of aryl methyl sites for hydroxylation is 1. The molecule has 0 aliphatic carbocycles. The van der Waals surface area contributed by atoms with Crippen molar-refractivity contribution < 1.29 is 57.6 Å². The molecule has 0 aliphatic rings. The van der Waals surface area contributed by atoms with Crippen LogP contribution in [0.1, 0.15) is 5.56 Å². The van der Waals surface area contributed by atoms with Crippen molar-refractivity contribution in [2.24, 2.45) is 0 Å². The van der Waals surface area contributed by atoms with Crippen LogP contribution < -0.4 is 68.2 Å². The second kappa shape index (κ2) is 13.6. The van der Waals surface area contributed by atoms with Crippen molar-refractivity contribution in [2.75, 3.05) is 7.11 Å². The van der Waals surface area contributed by atoms with Crippen molar-refractivity contribution in [3.63, 3.8) is 0 Å². The number of ether oxygens (including phenoxy) is 1. The molecule has 0 saturated heterocycles. The van der Waals surface area contributed by atoms with Gasteiger partial charge in [-0.2, -0.15) is 5.30 Å². The second-order valence-electron chi connectivity index (χ2n) is 3.65. The summed E-state index contributed by atoms with van der Waals surface area (Å²) < 4.78 is 5.13. The van der Waals surface area contributed by atoms with E-state index in [4.69, 9.17) is 4.74 Å². The van der Waals surface area contributed by atoms with Crippen LogP contribution in [0.2, 0.25) is 0 Å². The minimum Gasteiger partial charge on any atom is -1.00 e. The van der Waals surface area contributed by atoms with Gasteiger partial charge < -0.3 is 47.3 Å². The molecular formula is C14H14Br2LiMgOP. The fourth-order valence-corrected chi connectivity index (χ4v) is 2.32. The first-order valence-electron chi connectivity index (χ1n) is 5.20. The van der Waals surface area contributed by atoms with Crippen molar-refractivity contribution in [2.45, 2.75) is 6.92 Å². The maximum absolute atomic E-state index is 5.13. The zero-order valence-corrected chi connectivity index (χ0v) is 17.4. The van der Waals surface area contributed by atoms with E-state index in [2.05, 4.69) is 43.3 Å². The third-order valence-corrected chi connectivity index (χ3v) is 3.48. The number of benzene rings is 2. The molecule has 2 rings (SSSR count). The third-order valence-electron chi connectivity index (χ3n) is 2.36. The first-order valence-corrected chi connectivity index (χ1v) is 6.10. The summed E-state index contributed by atoms with van der Waals surface area (Å²) >= 11 is 0. The summed E-state index contributed by atoms with van der Waals surface area (Å²) in [4.78, 5) is 0. The van der Waals surface area contributed by atoms with Crippen LogP contribution in [0.4, 0.5) is 0 Å². The number of rotatable bonds is 3. The van der Waals surface area contributed by atoms with E-state index in [9.17, 15) is 0 Å². The molecule has 0 aliphatic heterocycles. The summed E-state index contributed by atoms with van der Waals surface area (Å²) in [6.07, 6.45) is 0. The molecule has 2 aromatic carbocycles. The molecule has 0 heterocycles. The van der Waals surface area contributed by atoms with Crippen molar-refractivity contribution in [3.8, 4) is 5.75 Å². The Labute approximate surface area is 172 Å². The smallest absolute Gasteiger partial charge is 1.00 e. The molecule has 0 bridgehead atoms.